The van der Waals surface area contributed by atoms with E-state index in [1.165, 1.54) is 16.2 Å². The van der Waals surface area contributed by atoms with Gasteiger partial charge in [0.05, 0.1) is 30.6 Å². The van der Waals surface area contributed by atoms with Crippen molar-refractivity contribution in [2.24, 2.45) is 0 Å². The molecule has 2 aliphatic rings. The summed E-state index contributed by atoms with van der Waals surface area (Å²) in [4.78, 5) is 31.2. The molecule has 1 fully saturated rings. The van der Waals surface area contributed by atoms with Gasteiger partial charge >= 0.3 is 0 Å². The number of benzene rings is 1. The highest BCUT2D eigenvalue weighted by Crippen LogP contribution is 2.40. The topological polar surface area (TPSA) is 59.1 Å². The molecule has 0 N–H and O–H groups in total. The summed E-state index contributed by atoms with van der Waals surface area (Å²) in [5.41, 5.74) is 2.32. The average Bonchev–Trinajstić information content (AvgIpc) is 3.27. The zero-order valence-electron chi connectivity index (χ0n) is 17.0. The molecule has 3 heterocycles. The van der Waals surface area contributed by atoms with Crippen molar-refractivity contribution < 1.29 is 19.1 Å². The Bertz CT molecular complexity index is 973. The summed E-state index contributed by atoms with van der Waals surface area (Å²) >= 11 is 1.46. The van der Waals surface area contributed by atoms with Crippen LogP contribution in [0.4, 0.5) is 5.69 Å². The maximum Gasteiger partial charge on any atom is 0.282 e. The lowest BCUT2D eigenvalue weighted by atomic mass is 10.1. The zero-order valence-corrected chi connectivity index (χ0v) is 17.8. The number of rotatable bonds is 4. The average molecular weight is 413 g/mol. The monoisotopic (exact) mass is 412 g/mol. The van der Waals surface area contributed by atoms with E-state index in [1.807, 2.05) is 55.3 Å². The van der Waals surface area contributed by atoms with Crippen LogP contribution in [0.25, 0.3) is 5.57 Å². The van der Waals surface area contributed by atoms with E-state index in [0.717, 1.165) is 10.4 Å². The van der Waals surface area contributed by atoms with Gasteiger partial charge in [0.15, 0.2) is 0 Å². The Morgan fingerprint density at radius 2 is 1.83 bits per heavy atom. The molecular weight excluding hydrogens is 388 g/mol. The maximum absolute atomic E-state index is 13.6. The van der Waals surface area contributed by atoms with E-state index in [2.05, 4.69) is 0 Å². The van der Waals surface area contributed by atoms with E-state index in [1.54, 1.807) is 13.2 Å². The number of carbonyl (C=O) groups is 2. The number of nitrogens with zero attached hydrogens (tertiary/aromatic N) is 2. The summed E-state index contributed by atoms with van der Waals surface area (Å²) in [6.45, 7) is 7.01. The smallest absolute Gasteiger partial charge is 0.282 e. The van der Waals surface area contributed by atoms with Crippen LogP contribution in [0.5, 0.6) is 5.75 Å². The normalized spacial score (nSPS) is 22.6. The predicted octanol–water partition coefficient (Wildman–Crippen LogP) is 3.46. The number of ether oxygens (including phenoxy) is 2. The molecule has 0 bridgehead atoms. The number of amides is 2. The standard InChI is InChI=1S/C22H24N2O4S/c1-13-7-8-17(27-4)16(10-13)24-21(25)19(18-6-5-9-29-18)20(22(24)26)23-11-14(2)28-15(3)12-23/h5-10,14-15H,11-12H2,1-4H3. The van der Waals surface area contributed by atoms with Crippen molar-refractivity contribution in [3.8, 4) is 5.75 Å². The van der Waals surface area contributed by atoms with Crippen LogP contribution in [-0.2, 0) is 14.3 Å². The third kappa shape index (κ3) is 3.45. The minimum absolute atomic E-state index is 0.0266. The molecule has 1 aromatic heterocycles. The molecule has 2 aromatic rings. The van der Waals surface area contributed by atoms with Crippen LogP contribution in [-0.4, -0.2) is 49.1 Å². The van der Waals surface area contributed by atoms with E-state index in [4.69, 9.17) is 9.47 Å². The second-order valence-electron chi connectivity index (χ2n) is 7.48. The molecule has 0 spiro atoms. The first-order chi connectivity index (χ1) is 13.9. The second-order valence-corrected chi connectivity index (χ2v) is 8.43. The van der Waals surface area contributed by atoms with Gasteiger partial charge in [-0.1, -0.05) is 12.1 Å². The SMILES string of the molecule is COc1ccc(C)cc1N1C(=O)C(c2cccs2)=C(N2CC(C)OC(C)C2)C1=O. The Labute approximate surface area is 174 Å². The van der Waals surface area contributed by atoms with E-state index in [-0.39, 0.29) is 24.0 Å². The number of methoxy groups -OCH3 is 1. The quantitative estimate of drug-likeness (QED) is 0.720. The molecule has 0 radical (unpaired) electrons. The molecule has 152 valence electrons. The Morgan fingerprint density at radius 3 is 2.45 bits per heavy atom. The molecule has 2 unspecified atom stereocenters. The van der Waals surface area contributed by atoms with Crippen molar-refractivity contribution in [2.75, 3.05) is 25.1 Å². The minimum Gasteiger partial charge on any atom is -0.495 e. The summed E-state index contributed by atoms with van der Waals surface area (Å²) in [7, 11) is 1.54. The van der Waals surface area contributed by atoms with Crippen LogP contribution in [0.2, 0.25) is 0 Å². The van der Waals surface area contributed by atoms with Gasteiger partial charge in [0.2, 0.25) is 0 Å². The van der Waals surface area contributed by atoms with Gasteiger partial charge in [-0.3, -0.25) is 9.59 Å². The second kappa shape index (κ2) is 7.65. The lowest BCUT2D eigenvalue weighted by Gasteiger charge is -2.37. The molecule has 0 aliphatic carbocycles. The molecule has 29 heavy (non-hydrogen) atoms. The number of aryl methyl sites for hydroxylation is 1. The lowest BCUT2D eigenvalue weighted by molar-refractivity contribution is -0.121. The summed E-state index contributed by atoms with van der Waals surface area (Å²) in [5, 5.41) is 1.91. The number of hydrogen-bond donors (Lipinski definition) is 0. The van der Waals surface area contributed by atoms with E-state index in [9.17, 15) is 9.59 Å². The van der Waals surface area contributed by atoms with Gasteiger partial charge in [-0.25, -0.2) is 4.90 Å². The fraction of sp³-hybridized carbons (Fsp3) is 0.364. The van der Waals surface area contributed by atoms with E-state index in [0.29, 0.717) is 35.8 Å². The third-order valence-corrected chi connectivity index (χ3v) is 6.03. The number of thiophene rings is 1. The number of hydrogen-bond acceptors (Lipinski definition) is 6. The van der Waals surface area contributed by atoms with Gasteiger partial charge in [-0.15, -0.1) is 11.3 Å². The highest BCUT2D eigenvalue weighted by molar-refractivity contribution is 7.11. The largest absolute Gasteiger partial charge is 0.495 e. The number of carbonyl (C=O) groups excluding carboxylic acids is 2. The van der Waals surface area contributed by atoms with Crippen molar-refractivity contribution in [3.63, 3.8) is 0 Å². The minimum atomic E-state index is -0.317. The summed E-state index contributed by atoms with van der Waals surface area (Å²) in [6, 6.07) is 9.27. The fourth-order valence-corrected chi connectivity index (χ4v) is 4.77. The van der Waals surface area contributed by atoms with Gasteiger partial charge < -0.3 is 14.4 Å². The highest BCUT2D eigenvalue weighted by Gasteiger charge is 2.45. The third-order valence-electron chi connectivity index (χ3n) is 5.14. The molecule has 6 nitrogen and oxygen atoms in total. The van der Waals surface area contributed by atoms with Crippen molar-refractivity contribution in [1.82, 2.24) is 4.90 Å². The van der Waals surface area contributed by atoms with Crippen LogP contribution in [0.3, 0.4) is 0 Å². The predicted molar refractivity (Wildman–Crippen MR) is 113 cm³/mol. The first-order valence-corrected chi connectivity index (χ1v) is 10.5. The summed E-state index contributed by atoms with van der Waals surface area (Å²) < 4.78 is 11.3. The number of imide groups is 1. The van der Waals surface area contributed by atoms with Gasteiger partial charge in [0, 0.05) is 18.0 Å². The van der Waals surface area contributed by atoms with E-state index < -0.39 is 0 Å². The molecule has 4 rings (SSSR count). The van der Waals surface area contributed by atoms with E-state index >= 15 is 0 Å². The van der Waals surface area contributed by atoms with Crippen LogP contribution >= 0.6 is 11.3 Å². The molecule has 2 aliphatic heterocycles. The van der Waals surface area contributed by atoms with Gasteiger partial charge in [-0.2, -0.15) is 0 Å². The van der Waals surface area contributed by atoms with Crippen LogP contribution in [0, 0.1) is 6.92 Å². The van der Waals surface area contributed by atoms with Gasteiger partial charge in [-0.05, 0) is 49.9 Å². The summed E-state index contributed by atoms with van der Waals surface area (Å²) in [5.74, 6) is -0.139. The van der Waals surface area contributed by atoms with Crippen LogP contribution < -0.4 is 9.64 Å². The molecule has 2 atom stereocenters. The first-order valence-electron chi connectivity index (χ1n) is 9.62. The van der Waals surface area contributed by atoms with Crippen LogP contribution in [0.1, 0.15) is 24.3 Å². The Morgan fingerprint density at radius 1 is 1.10 bits per heavy atom. The van der Waals surface area contributed by atoms with Gasteiger partial charge in [0.1, 0.15) is 11.4 Å². The molecule has 7 heteroatoms. The van der Waals surface area contributed by atoms with Crippen LogP contribution in [0.15, 0.2) is 41.4 Å². The Kier molecular flexibility index (Phi) is 5.19. The Balaban J connectivity index is 1.84. The first kappa shape index (κ1) is 19.7. The molecule has 2 amide bonds. The van der Waals surface area contributed by atoms with Crippen molar-refractivity contribution in [1.29, 1.82) is 0 Å². The van der Waals surface area contributed by atoms with Crippen molar-refractivity contribution in [3.05, 3.63) is 51.8 Å². The fourth-order valence-electron chi connectivity index (χ4n) is 4.01. The Hall–Kier alpha value is -2.64. The van der Waals surface area contributed by atoms with Gasteiger partial charge in [0.25, 0.3) is 11.8 Å². The molecular formula is C22H24N2O4S. The highest BCUT2D eigenvalue weighted by atomic mass is 32.1. The lowest BCUT2D eigenvalue weighted by Crippen LogP contribution is -2.47. The molecule has 1 saturated heterocycles. The van der Waals surface area contributed by atoms with Crippen molar-refractivity contribution in [2.45, 2.75) is 33.0 Å². The molecule has 1 aromatic carbocycles. The zero-order chi connectivity index (χ0) is 20.7. The number of morpholine rings is 1. The maximum atomic E-state index is 13.6. The van der Waals surface area contributed by atoms with Crippen molar-refractivity contribution >= 4 is 34.4 Å². The summed E-state index contributed by atoms with van der Waals surface area (Å²) in [6.07, 6.45) is -0.0532. The molecule has 0 saturated carbocycles. The number of anilines is 1.